The van der Waals surface area contributed by atoms with Gasteiger partial charge in [-0.05, 0) is 56.2 Å². The summed E-state index contributed by atoms with van der Waals surface area (Å²) in [5, 5.41) is 9.01. The fourth-order valence-electron chi connectivity index (χ4n) is 4.41. The molecule has 1 fully saturated rings. The van der Waals surface area contributed by atoms with Gasteiger partial charge in [0.2, 0.25) is 5.91 Å². The summed E-state index contributed by atoms with van der Waals surface area (Å²) in [6, 6.07) is 8.85. The third-order valence-corrected chi connectivity index (χ3v) is 6.23. The molecule has 2 aromatic carbocycles. The van der Waals surface area contributed by atoms with E-state index in [4.69, 9.17) is 16.0 Å². The molecule has 4 aromatic rings. The molecule has 1 saturated heterocycles. The van der Waals surface area contributed by atoms with Crippen LogP contribution in [0.4, 0.5) is 6.01 Å². The van der Waals surface area contributed by atoms with E-state index in [1.54, 1.807) is 35.5 Å². The summed E-state index contributed by atoms with van der Waals surface area (Å²) in [5.74, 6) is -0.333. The molecule has 2 amide bonds. The summed E-state index contributed by atoms with van der Waals surface area (Å²) in [6.07, 6.45) is 3.30. The Kier molecular flexibility index (Phi) is 5.57. The first kappa shape index (κ1) is 22.1. The lowest BCUT2D eigenvalue weighted by Crippen LogP contribution is -2.40. The van der Waals surface area contributed by atoms with Gasteiger partial charge in [-0.15, -0.1) is 0 Å². The number of anilines is 1. The van der Waals surface area contributed by atoms with Crippen LogP contribution in [0.25, 0.3) is 16.8 Å². The van der Waals surface area contributed by atoms with E-state index in [-0.39, 0.29) is 36.8 Å². The molecule has 34 heavy (non-hydrogen) atoms. The quantitative estimate of drug-likeness (QED) is 0.442. The van der Waals surface area contributed by atoms with Crippen molar-refractivity contribution in [2.45, 2.75) is 33.2 Å². The van der Waals surface area contributed by atoms with Crippen molar-refractivity contribution in [3.05, 3.63) is 64.4 Å². The summed E-state index contributed by atoms with van der Waals surface area (Å²) < 4.78 is 5.82. The Morgan fingerprint density at radius 3 is 2.65 bits per heavy atom. The molecule has 9 nitrogen and oxygen atoms in total. The van der Waals surface area contributed by atoms with Crippen LogP contribution in [-0.2, 0) is 4.79 Å². The van der Waals surface area contributed by atoms with Crippen molar-refractivity contribution in [2.24, 2.45) is 0 Å². The maximum absolute atomic E-state index is 13.8. The Balaban J connectivity index is 1.47. The molecule has 0 unspecified atom stereocenters. The highest BCUT2D eigenvalue weighted by Gasteiger charge is 2.33. The number of nitrogens with zero attached hydrogens (tertiary/aromatic N) is 6. The second-order valence-corrected chi connectivity index (χ2v) is 8.94. The smallest absolute Gasteiger partial charge is 0.305 e. The highest BCUT2D eigenvalue weighted by Crippen LogP contribution is 2.28. The number of rotatable bonds is 3. The van der Waals surface area contributed by atoms with Gasteiger partial charge in [-0.2, -0.15) is 20.0 Å². The number of hydrogen-bond donors (Lipinski definition) is 0. The van der Waals surface area contributed by atoms with Gasteiger partial charge >= 0.3 is 6.01 Å². The summed E-state index contributed by atoms with van der Waals surface area (Å²) in [5.41, 5.74) is 4.11. The Labute approximate surface area is 200 Å². The summed E-state index contributed by atoms with van der Waals surface area (Å²) >= 11 is 6.05. The lowest BCUT2D eigenvalue weighted by molar-refractivity contribution is -0.119. The SMILES string of the molecule is Cc1cc(C)c(-n2nccn2)c(C(=O)N2CCN(c3nc4cc(Cl)ccc4o3)C(=O)C[C@H]2C)c1. The van der Waals surface area contributed by atoms with Crippen molar-refractivity contribution >= 4 is 40.5 Å². The van der Waals surface area contributed by atoms with Crippen molar-refractivity contribution in [3.63, 3.8) is 0 Å². The van der Waals surface area contributed by atoms with Gasteiger partial charge in [0.05, 0.1) is 18.0 Å². The first-order chi connectivity index (χ1) is 16.3. The number of amides is 2. The van der Waals surface area contributed by atoms with Gasteiger partial charge in [0.15, 0.2) is 5.58 Å². The van der Waals surface area contributed by atoms with E-state index in [1.165, 1.54) is 9.70 Å². The lowest BCUT2D eigenvalue weighted by Gasteiger charge is -2.27. The molecule has 0 aliphatic carbocycles. The maximum Gasteiger partial charge on any atom is 0.305 e. The van der Waals surface area contributed by atoms with Crippen LogP contribution >= 0.6 is 11.6 Å². The van der Waals surface area contributed by atoms with Crippen molar-refractivity contribution in [2.75, 3.05) is 18.0 Å². The monoisotopic (exact) mass is 478 g/mol. The minimum atomic E-state index is -0.317. The van der Waals surface area contributed by atoms with Crippen molar-refractivity contribution in [1.82, 2.24) is 24.9 Å². The molecule has 1 aliphatic rings. The van der Waals surface area contributed by atoms with Crippen LogP contribution in [0.5, 0.6) is 0 Å². The molecule has 0 spiro atoms. The fraction of sp³-hybridized carbons (Fsp3) is 0.292. The van der Waals surface area contributed by atoms with Crippen LogP contribution in [0.3, 0.4) is 0 Å². The Bertz CT molecular complexity index is 1400. The molecule has 174 valence electrons. The summed E-state index contributed by atoms with van der Waals surface area (Å²) in [7, 11) is 0. The standard InChI is InChI=1S/C24H23ClN6O3/c1-14-10-15(2)22(31-26-6-7-27-31)18(11-14)23(33)29-8-9-30(21(32)12-16(29)3)24-28-19-13-17(25)4-5-20(19)34-24/h4-7,10-11,13,16H,8-9,12H2,1-3H3/t16-/m1/s1. The number of oxazole rings is 1. The van der Waals surface area contributed by atoms with Gasteiger partial charge in [0.25, 0.3) is 5.91 Å². The van der Waals surface area contributed by atoms with Gasteiger partial charge < -0.3 is 9.32 Å². The normalized spacial score (nSPS) is 16.8. The average molecular weight is 479 g/mol. The second-order valence-electron chi connectivity index (χ2n) is 8.50. The number of aryl methyl sites for hydroxylation is 2. The molecule has 0 bridgehead atoms. The molecule has 10 heteroatoms. The van der Waals surface area contributed by atoms with Crippen LogP contribution in [0.2, 0.25) is 5.02 Å². The molecule has 3 heterocycles. The van der Waals surface area contributed by atoms with E-state index in [1.807, 2.05) is 32.9 Å². The van der Waals surface area contributed by atoms with Crippen molar-refractivity contribution in [1.29, 1.82) is 0 Å². The largest absolute Gasteiger partial charge is 0.423 e. The van der Waals surface area contributed by atoms with Crippen LogP contribution in [0, 0.1) is 13.8 Å². The molecule has 0 saturated carbocycles. The molecule has 1 aliphatic heterocycles. The molecule has 1 atom stereocenters. The van der Waals surface area contributed by atoms with E-state index in [0.29, 0.717) is 33.9 Å². The van der Waals surface area contributed by atoms with E-state index < -0.39 is 0 Å². The number of halogens is 1. The average Bonchev–Trinajstić information content (AvgIpc) is 3.42. The van der Waals surface area contributed by atoms with E-state index in [9.17, 15) is 9.59 Å². The Morgan fingerprint density at radius 2 is 1.88 bits per heavy atom. The van der Waals surface area contributed by atoms with Crippen molar-refractivity contribution < 1.29 is 14.0 Å². The van der Waals surface area contributed by atoms with Crippen LogP contribution < -0.4 is 4.90 Å². The Hall–Kier alpha value is -3.72. The second kappa shape index (κ2) is 8.57. The van der Waals surface area contributed by atoms with Gasteiger partial charge in [0.1, 0.15) is 11.2 Å². The topological polar surface area (TPSA) is 97.4 Å². The van der Waals surface area contributed by atoms with Gasteiger partial charge in [-0.25, -0.2) is 0 Å². The molecule has 5 rings (SSSR count). The molecular weight excluding hydrogens is 456 g/mol. The van der Waals surface area contributed by atoms with Gasteiger partial charge in [-0.3, -0.25) is 14.5 Å². The first-order valence-electron chi connectivity index (χ1n) is 11.0. The molecular formula is C24H23ClN6O3. The predicted molar refractivity (Wildman–Crippen MR) is 127 cm³/mol. The fourth-order valence-corrected chi connectivity index (χ4v) is 4.57. The van der Waals surface area contributed by atoms with E-state index in [2.05, 4.69) is 15.2 Å². The third kappa shape index (κ3) is 3.92. The minimum absolute atomic E-state index is 0.144. The van der Waals surface area contributed by atoms with Crippen LogP contribution in [-0.4, -0.2) is 55.8 Å². The number of aromatic nitrogens is 4. The highest BCUT2D eigenvalue weighted by atomic mass is 35.5. The summed E-state index contributed by atoms with van der Waals surface area (Å²) in [6.45, 7) is 6.33. The zero-order valence-electron chi connectivity index (χ0n) is 19.0. The summed E-state index contributed by atoms with van der Waals surface area (Å²) in [4.78, 5) is 36.0. The first-order valence-corrected chi connectivity index (χ1v) is 11.3. The predicted octanol–water partition coefficient (Wildman–Crippen LogP) is 3.95. The number of carbonyl (C=O) groups is 2. The minimum Gasteiger partial charge on any atom is -0.423 e. The number of carbonyl (C=O) groups excluding carboxylic acids is 2. The van der Waals surface area contributed by atoms with Gasteiger partial charge in [0, 0.05) is 30.6 Å². The Morgan fingerprint density at radius 1 is 1.12 bits per heavy atom. The number of benzene rings is 2. The van der Waals surface area contributed by atoms with E-state index in [0.717, 1.165) is 11.1 Å². The van der Waals surface area contributed by atoms with Crippen molar-refractivity contribution in [3.8, 4) is 5.69 Å². The van der Waals surface area contributed by atoms with Crippen LogP contribution in [0.1, 0.15) is 34.8 Å². The number of hydrogen-bond acceptors (Lipinski definition) is 6. The molecule has 0 N–H and O–H groups in total. The maximum atomic E-state index is 13.8. The number of fused-ring (bicyclic) bond motifs is 1. The van der Waals surface area contributed by atoms with Gasteiger partial charge in [-0.1, -0.05) is 17.7 Å². The molecule has 0 radical (unpaired) electrons. The zero-order chi connectivity index (χ0) is 24.0. The lowest BCUT2D eigenvalue weighted by atomic mass is 10.0. The van der Waals surface area contributed by atoms with E-state index >= 15 is 0 Å². The zero-order valence-corrected chi connectivity index (χ0v) is 19.8. The highest BCUT2D eigenvalue weighted by molar-refractivity contribution is 6.31. The molecule has 2 aromatic heterocycles. The van der Waals surface area contributed by atoms with Crippen LogP contribution in [0.15, 0.2) is 47.1 Å². The third-order valence-electron chi connectivity index (χ3n) is 5.99.